The molecule has 4 rings (SSSR count). The van der Waals surface area contributed by atoms with Crippen molar-refractivity contribution in [3.63, 3.8) is 0 Å². The van der Waals surface area contributed by atoms with E-state index in [0.29, 0.717) is 5.69 Å². The van der Waals surface area contributed by atoms with E-state index in [1.807, 2.05) is 12.1 Å². The molecule has 6 heteroatoms. The van der Waals surface area contributed by atoms with Gasteiger partial charge < -0.3 is 10.2 Å². The molecule has 1 saturated heterocycles. The second kappa shape index (κ2) is 7.23. The summed E-state index contributed by atoms with van der Waals surface area (Å²) < 4.78 is 14.9. The normalized spacial score (nSPS) is 13.8. The summed E-state index contributed by atoms with van der Waals surface area (Å²) in [7, 11) is 0. The topological polar surface area (TPSA) is 50.2 Å². The first-order valence-electron chi connectivity index (χ1n) is 9.09. The number of rotatable bonds is 4. The highest BCUT2D eigenvalue weighted by Gasteiger charge is 2.16. The van der Waals surface area contributed by atoms with E-state index >= 15 is 0 Å². The van der Waals surface area contributed by atoms with Gasteiger partial charge in [-0.2, -0.15) is 5.10 Å². The summed E-state index contributed by atoms with van der Waals surface area (Å²) in [4.78, 5) is 14.9. The summed E-state index contributed by atoms with van der Waals surface area (Å²) in [5.41, 5.74) is 3.95. The van der Waals surface area contributed by atoms with Gasteiger partial charge in [-0.3, -0.25) is 4.79 Å². The number of nitrogens with one attached hydrogen (secondary N) is 1. The maximum absolute atomic E-state index is 13.4. The van der Waals surface area contributed by atoms with Crippen LogP contribution in [0.25, 0.3) is 5.69 Å². The quantitative estimate of drug-likeness (QED) is 0.756. The number of aryl methyl sites for hydroxylation is 1. The van der Waals surface area contributed by atoms with E-state index in [2.05, 4.69) is 28.3 Å². The largest absolute Gasteiger partial charge is 0.371 e. The SMILES string of the molecule is Cc1cc(NC(=O)c2ccn(-c3cccc(F)c3)n2)ccc1N1CCCC1. The molecular formula is C21H21FN4O. The van der Waals surface area contributed by atoms with Gasteiger partial charge in [-0.1, -0.05) is 6.07 Å². The van der Waals surface area contributed by atoms with E-state index in [4.69, 9.17) is 0 Å². The Morgan fingerprint density at radius 2 is 1.93 bits per heavy atom. The van der Waals surface area contributed by atoms with Gasteiger partial charge in [0, 0.05) is 30.7 Å². The summed E-state index contributed by atoms with van der Waals surface area (Å²) >= 11 is 0. The van der Waals surface area contributed by atoms with Gasteiger partial charge in [0.2, 0.25) is 0 Å². The van der Waals surface area contributed by atoms with Crippen molar-refractivity contribution in [3.05, 3.63) is 71.8 Å². The Morgan fingerprint density at radius 1 is 1.11 bits per heavy atom. The molecule has 1 aromatic heterocycles. The molecule has 0 unspecified atom stereocenters. The van der Waals surface area contributed by atoms with Crippen molar-refractivity contribution in [2.24, 2.45) is 0 Å². The number of aromatic nitrogens is 2. The third-order valence-corrected chi connectivity index (χ3v) is 4.80. The molecule has 1 amide bonds. The number of halogens is 1. The van der Waals surface area contributed by atoms with Crippen LogP contribution in [0.2, 0.25) is 0 Å². The predicted octanol–water partition coefficient (Wildman–Crippen LogP) is 4.17. The van der Waals surface area contributed by atoms with Gasteiger partial charge >= 0.3 is 0 Å². The molecule has 0 radical (unpaired) electrons. The van der Waals surface area contributed by atoms with E-state index in [9.17, 15) is 9.18 Å². The van der Waals surface area contributed by atoms with Crippen LogP contribution in [0.15, 0.2) is 54.7 Å². The van der Waals surface area contributed by atoms with E-state index in [1.54, 1.807) is 24.4 Å². The molecule has 1 N–H and O–H groups in total. The van der Waals surface area contributed by atoms with Gasteiger partial charge in [-0.25, -0.2) is 9.07 Å². The molecule has 2 aromatic carbocycles. The lowest BCUT2D eigenvalue weighted by Crippen LogP contribution is -2.19. The van der Waals surface area contributed by atoms with Gasteiger partial charge in [0.25, 0.3) is 5.91 Å². The molecule has 2 heterocycles. The lowest BCUT2D eigenvalue weighted by atomic mass is 10.1. The zero-order valence-electron chi connectivity index (χ0n) is 15.2. The van der Waals surface area contributed by atoms with Crippen LogP contribution in [0, 0.1) is 12.7 Å². The van der Waals surface area contributed by atoms with Crippen LogP contribution >= 0.6 is 0 Å². The predicted molar refractivity (Wildman–Crippen MR) is 104 cm³/mol. The van der Waals surface area contributed by atoms with E-state index in [1.165, 1.54) is 35.3 Å². The van der Waals surface area contributed by atoms with Crippen molar-refractivity contribution >= 4 is 17.3 Å². The Kier molecular flexibility index (Phi) is 4.62. The molecule has 27 heavy (non-hydrogen) atoms. The minimum Gasteiger partial charge on any atom is -0.371 e. The average molecular weight is 364 g/mol. The van der Waals surface area contributed by atoms with Gasteiger partial charge in [0.05, 0.1) is 5.69 Å². The zero-order valence-corrected chi connectivity index (χ0v) is 15.2. The van der Waals surface area contributed by atoms with Crippen LogP contribution in [0.3, 0.4) is 0 Å². The van der Waals surface area contributed by atoms with Crippen molar-refractivity contribution in [3.8, 4) is 5.69 Å². The molecule has 138 valence electrons. The number of benzene rings is 2. The minimum atomic E-state index is -0.345. The molecule has 0 aliphatic carbocycles. The number of hydrogen-bond acceptors (Lipinski definition) is 3. The van der Waals surface area contributed by atoms with Crippen LogP contribution in [0.5, 0.6) is 0 Å². The van der Waals surface area contributed by atoms with E-state index in [0.717, 1.165) is 24.3 Å². The number of carbonyl (C=O) groups is 1. The van der Waals surface area contributed by atoms with Crippen molar-refractivity contribution in [1.29, 1.82) is 0 Å². The molecule has 1 fully saturated rings. The fourth-order valence-electron chi connectivity index (χ4n) is 3.45. The third kappa shape index (κ3) is 3.69. The standard InChI is InChI=1S/C21H21FN4O/c1-15-13-17(7-8-20(15)25-10-2-3-11-25)23-21(27)19-9-12-26(24-19)18-6-4-5-16(22)14-18/h4-9,12-14H,2-3,10-11H2,1H3,(H,23,27). The first kappa shape index (κ1) is 17.3. The zero-order chi connectivity index (χ0) is 18.8. The van der Waals surface area contributed by atoms with E-state index in [-0.39, 0.29) is 17.4 Å². The monoisotopic (exact) mass is 364 g/mol. The van der Waals surface area contributed by atoms with Crippen LogP contribution < -0.4 is 10.2 Å². The first-order chi connectivity index (χ1) is 13.1. The Bertz CT molecular complexity index is 976. The Morgan fingerprint density at radius 3 is 2.67 bits per heavy atom. The highest BCUT2D eigenvalue weighted by Crippen LogP contribution is 2.26. The fourth-order valence-corrected chi connectivity index (χ4v) is 3.45. The maximum Gasteiger partial charge on any atom is 0.276 e. The number of carbonyl (C=O) groups excluding carboxylic acids is 1. The minimum absolute atomic E-state index is 0.278. The van der Waals surface area contributed by atoms with Crippen LogP contribution in [-0.2, 0) is 0 Å². The Hall–Kier alpha value is -3.15. The molecule has 1 aliphatic rings. The van der Waals surface area contributed by atoms with E-state index < -0.39 is 0 Å². The summed E-state index contributed by atoms with van der Waals surface area (Å²) in [6, 6.07) is 13.7. The van der Waals surface area contributed by atoms with Gasteiger partial charge in [-0.15, -0.1) is 0 Å². The Balaban J connectivity index is 1.48. The molecule has 5 nitrogen and oxygen atoms in total. The lowest BCUT2D eigenvalue weighted by Gasteiger charge is -2.20. The fraction of sp³-hybridized carbons (Fsp3) is 0.238. The first-order valence-corrected chi connectivity index (χ1v) is 9.09. The summed E-state index contributed by atoms with van der Waals surface area (Å²) in [6.07, 6.45) is 4.10. The third-order valence-electron chi connectivity index (χ3n) is 4.80. The second-order valence-electron chi connectivity index (χ2n) is 6.77. The van der Waals surface area contributed by atoms with Crippen molar-refractivity contribution in [1.82, 2.24) is 9.78 Å². The number of hydrogen-bond donors (Lipinski definition) is 1. The molecule has 0 spiro atoms. The molecular weight excluding hydrogens is 343 g/mol. The van der Waals surface area contributed by atoms with Crippen molar-refractivity contribution in [2.45, 2.75) is 19.8 Å². The molecule has 0 atom stereocenters. The summed E-state index contributed by atoms with van der Waals surface area (Å²) in [6.45, 7) is 4.23. The van der Waals surface area contributed by atoms with Gasteiger partial charge in [0.1, 0.15) is 5.82 Å². The van der Waals surface area contributed by atoms with Crippen LogP contribution in [-0.4, -0.2) is 28.8 Å². The average Bonchev–Trinajstić information content (AvgIpc) is 3.34. The summed E-state index contributed by atoms with van der Waals surface area (Å²) in [5, 5.41) is 7.14. The number of nitrogens with zero attached hydrogens (tertiary/aromatic N) is 3. The highest BCUT2D eigenvalue weighted by atomic mass is 19.1. The molecule has 0 bridgehead atoms. The second-order valence-corrected chi connectivity index (χ2v) is 6.77. The molecule has 3 aromatic rings. The maximum atomic E-state index is 13.4. The van der Waals surface area contributed by atoms with Gasteiger partial charge in [0.15, 0.2) is 5.69 Å². The highest BCUT2D eigenvalue weighted by molar-refractivity contribution is 6.03. The number of amides is 1. The van der Waals surface area contributed by atoms with Gasteiger partial charge in [-0.05, 0) is 67.8 Å². The van der Waals surface area contributed by atoms with Crippen LogP contribution in [0.4, 0.5) is 15.8 Å². The smallest absolute Gasteiger partial charge is 0.276 e. The summed E-state index contributed by atoms with van der Waals surface area (Å²) in [5.74, 6) is -0.638. The Labute approximate surface area is 157 Å². The lowest BCUT2D eigenvalue weighted by molar-refractivity contribution is 0.102. The van der Waals surface area contributed by atoms with Crippen LogP contribution in [0.1, 0.15) is 28.9 Å². The van der Waals surface area contributed by atoms with Crippen molar-refractivity contribution in [2.75, 3.05) is 23.3 Å². The molecule has 0 saturated carbocycles. The van der Waals surface area contributed by atoms with Crippen molar-refractivity contribution < 1.29 is 9.18 Å². The molecule has 1 aliphatic heterocycles. The number of anilines is 2.